The van der Waals surface area contributed by atoms with Crippen LogP contribution in [0.25, 0.3) is 5.57 Å². The predicted molar refractivity (Wildman–Crippen MR) is 158 cm³/mol. The molecule has 0 bridgehead atoms. The molecule has 0 aliphatic heterocycles. The van der Waals surface area contributed by atoms with Gasteiger partial charge in [-0.25, -0.2) is 9.59 Å². The van der Waals surface area contributed by atoms with E-state index in [2.05, 4.69) is 20.6 Å². The number of nitrogens with one attached hydrogen (secondary N) is 2. The van der Waals surface area contributed by atoms with Crippen molar-refractivity contribution in [3.05, 3.63) is 138 Å². The second-order valence-corrected chi connectivity index (χ2v) is 9.48. The van der Waals surface area contributed by atoms with Crippen LogP contribution in [0.1, 0.15) is 45.6 Å². The Labute approximate surface area is 244 Å². The summed E-state index contributed by atoms with van der Waals surface area (Å²) >= 11 is 0. The van der Waals surface area contributed by atoms with E-state index in [9.17, 15) is 14.4 Å². The number of aromatic nitrogens is 2. The highest BCUT2D eigenvalue weighted by Crippen LogP contribution is 2.32. The van der Waals surface area contributed by atoms with Gasteiger partial charge in [0.2, 0.25) is 5.91 Å². The molecule has 0 aliphatic rings. The maximum atomic E-state index is 13.1. The van der Waals surface area contributed by atoms with Crippen LogP contribution >= 0.6 is 0 Å². The molecule has 2 heterocycles. The average Bonchev–Trinajstić information content (AvgIpc) is 3.05. The van der Waals surface area contributed by atoms with E-state index in [1.54, 1.807) is 68.1 Å². The first-order chi connectivity index (χ1) is 20.4. The highest BCUT2D eigenvalue weighted by molar-refractivity contribution is 5.89. The molecule has 2 atom stereocenters. The average molecular weight is 565 g/mol. The van der Waals surface area contributed by atoms with Crippen LogP contribution in [0, 0.1) is 5.92 Å². The number of alkyl carbamates (subject to hydrolysis) is 1. The molecule has 214 valence electrons. The number of ether oxygens (including phenoxy) is 2. The normalized spacial score (nSPS) is 12.5. The number of pyridine rings is 2. The quantitative estimate of drug-likeness (QED) is 0.238. The van der Waals surface area contributed by atoms with E-state index in [1.165, 1.54) is 7.11 Å². The SMILES string of the molecule is COC(=O)c1ccc(C(NC(=O)OCc2ccccc2)/C(=C/[C@@H](C)C(=O)NCc2cccnc2)c2cccnc2)cc1. The Morgan fingerprint density at radius 1 is 0.833 bits per heavy atom. The molecule has 2 aromatic heterocycles. The summed E-state index contributed by atoms with van der Waals surface area (Å²) in [6.07, 6.45) is 7.83. The Bertz CT molecular complexity index is 1490. The number of carbonyl (C=O) groups excluding carboxylic acids is 3. The molecule has 0 saturated carbocycles. The largest absolute Gasteiger partial charge is 0.465 e. The number of hydrogen-bond acceptors (Lipinski definition) is 7. The van der Waals surface area contributed by atoms with Crippen LogP contribution in [-0.2, 0) is 27.4 Å². The number of carbonyl (C=O) groups is 3. The summed E-state index contributed by atoms with van der Waals surface area (Å²) in [6, 6.07) is 22.6. The van der Waals surface area contributed by atoms with Gasteiger partial charge in [0.25, 0.3) is 0 Å². The van der Waals surface area contributed by atoms with Gasteiger partial charge in [0, 0.05) is 31.3 Å². The molecule has 0 aliphatic carbocycles. The number of esters is 1. The Hall–Kier alpha value is -5.31. The van der Waals surface area contributed by atoms with E-state index in [4.69, 9.17) is 9.47 Å². The number of hydrogen-bond donors (Lipinski definition) is 2. The topological polar surface area (TPSA) is 120 Å². The minimum atomic E-state index is -0.738. The van der Waals surface area contributed by atoms with Gasteiger partial charge in [0.15, 0.2) is 0 Å². The summed E-state index contributed by atoms with van der Waals surface area (Å²) in [7, 11) is 1.31. The van der Waals surface area contributed by atoms with Crippen LogP contribution in [0.15, 0.2) is 110 Å². The van der Waals surface area contributed by atoms with Crippen molar-refractivity contribution in [2.75, 3.05) is 7.11 Å². The molecule has 0 spiro atoms. The molecule has 0 fully saturated rings. The molecule has 4 aromatic rings. The van der Waals surface area contributed by atoms with E-state index in [1.807, 2.05) is 48.5 Å². The molecule has 0 radical (unpaired) electrons. The minimum Gasteiger partial charge on any atom is -0.465 e. The molecular formula is C33H32N4O5. The van der Waals surface area contributed by atoms with Crippen molar-refractivity contribution in [2.24, 2.45) is 5.92 Å². The lowest BCUT2D eigenvalue weighted by Gasteiger charge is -2.24. The van der Waals surface area contributed by atoms with Crippen LogP contribution in [0.2, 0.25) is 0 Å². The van der Waals surface area contributed by atoms with Crippen LogP contribution in [0.3, 0.4) is 0 Å². The lowest BCUT2D eigenvalue weighted by molar-refractivity contribution is -0.123. The number of benzene rings is 2. The summed E-state index contributed by atoms with van der Waals surface area (Å²) in [6.45, 7) is 2.19. The van der Waals surface area contributed by atoms with Crippen LogP contribution < -0.4 is 10.6 Å². The van der Waals surface area contributed by atoms with Crippen molar-refractivity contribution in [3.8, 4) is 0 Å². The van der Waals surface area contributed by atoms with Gasteiger partial charge in [0.05, 0.1) is 24.6 Å². The van der Waals surface area contributed by atoms with Gasteiger partial charge >= 0.3 is 12.1 Å². The maximum Gasteiger partial charge on any atom is 0.408 e. The minimum absolute atomic E-state index is 0.0831. The third-order valence-corrected chi connectivity index (χ3v) is 6.48. The Morgan fingerprint density at radius 2 is 1.52 bits per heavy atom. The van der Waals surface area contributed by atoms with E-state index in [0.717, 1.165) is 11.1 Å². The Balaban J connectivity index is 1.65. The van der Waals surface area contributed by atoms with Crippen molar-refractivity contribution in [1.29, 1.82) is 0 Å². The van der Waals surface area contributed by atoms with E-state index in [0.29, 0.717) is 28.8 Å². The molecule has 2 N–H and O–H groups in total. The van der Waals surface area contributed by atoms with Gasteiger partial charge in [0.1, 0.15) is 6.61 Å². The molecule has 2 amide bonds. The van der Waals surface area contributed by atoms with Crippen LogP contribution in [0.4, 0.5) is 4.79 Å². The fraction of sp³-hybridized carbons (Fsp3) is 0.182. The smallest absolute Gasteiger partial charge is 0.408 e. The maximum absolute atomic E-state index is 13.1. The second kappa shape index (κ2) is 14.9. The summed E-state index contributed by atoms with van der Waals surface area (Å²) in [5.74, 6) is -1.25. The summed E-state index contributed by atoms with van der Waals surface area (Å²) in [4.78, 5) is 46.6. The molecule has 42 heavy (non-hydrogen) atoms. The Morgan fingerprint density at radius 3 is 2.17 bits per heavy atom. The molecular weight excluding hydrogens is 532 g/mol. The van der Waals surface area contributed by atoms with Gasteiger partial charge in [-0.3, -0.25) is 14.8 Å². The third-order valence-electron chi connectivity index (χ3n) is 6.48. The van der Waals surface area contributed by atoms with Crippen molar-refractivity contribution >= 4 is 23.5 Å². The number of nitrogens with zero attached hydrogens (tertiary/aromatic N) is 2. The second-order valence-electron chi connectivity index (χ2n) is 9.48. The monoisotopic (exact) mass is 564 g/mol. The van der Waals surface area contributed by atoms with Crippen LogP contribution in [-0.4, -0.2) is 35.0 Å². The summed E-state index contributed by atoms with van der Waals surface area (Å²) < 4.78 is 10.4. The van der Waals surface area contributed by atoms with E-state index in [-0.39, 0.29) is 12.5 Å². The lowest BCUT2D eigenvalue weighted by atomic mass is 9.90. The molecule has 4 rings (SSSR count). The molecule has 1 unspecified atom stereocenters. The van der Waals surface area contributed by atoms with Gasteiger partial charge in [-0.15, -0.1) is 0 Å². The van der Waals surface area contributed by atoms with Crippen molar-refractivity contribution < 1.29 is 23.9 Å². The van der Waals surface area contributed by atoms with Crippen molar-refractivity contribution in [2.45, 2.75) is 26.1 Å². The van der Waals surface area contributed by atoms with Gasteiger partial charge in [-0.1, -0.05) is 67.6 Å². The van der Waals surface area contributed by atoms with Crippen LogP contribution in [0.5, 0.6) is 0 Å². The number of rotatable bonds is 11. The highest BCUT2D eigenvalue weighted by atomic mass is 16.5. The van der Waals surface area contributed by atoms with E-state index < -0.39 is 24.0 Å². The zero-order valence-corrected chi connectivity index (χ0v) is 23.4. The molecule has 2 aromatic carbocycles. The van der Waals surface area contributed by atoms with Gasteiger partial charge < -0.3 is 20.1 Å². The highest BCUT2D eigenvalue weighted by Gasteiger charge is 2.24. The zero-order chi connectivity index (χ0) is 29.7. The first-order valence-corrected chi connectivity index (χ1v) is 13.4. The molecule has 9 nitrogen and oxygen atoms in total. The zero-order valence-electron chi connectivity index (χ0n) is 23.4. The fourth-order valence-electron chi connectivity index (χ4n) is 4.24. The predicted octanol–water partition coefficient (Wildman–Crippen LogP) is 5.27. The molecule has 0 saturated heterocycles. The number of amides is 2. The lowest BCUT2D eigenvalue weighted by Crippen LogP contribution is -2.31. The third kappa shape index (κ3) is 8.34. The Kier molecular flexibility index (Phi) is 10.5. The van der Waals surface area contributed by atoms with Gasteiger partial charge in [-0.2, -0.15) is 0 Å². The molecule has 9 heteroatoms. The number of methoxy groups -OCH3 is 1. The fourth-order valence-corrected chi connectivity index (χ4v) is 4.24. The summed E-state index contributed by atoms with van der Waals surface area (Å²) in [5.41, 5.74) is 4.08. The van der Waals surface area contributed by atoms with Crippen molar-refractivity contribution in [3.63, 3.8) is 0 Å². The summed E-state index contributed by atoms with van der Waals surface area (Å²) in [5, 5.41) is 5.89. The van der Waals surface area contributed by atoms with Gasteiger partial charge in [-0.05, 0) is 52.1 Å². The first kappa shape index (κ1) is 29.7. The first-order valence-electron chi connectivity index (χ1n) is 13.4. The van der Waals surface area contributed by atoms with E-state index >= 15 is 0 Å². The van der Waals surface area contributed by atoms with Crippen molar-refractivity contribution in [1.82, 2.24) is 20.6 Å². The standard InChI is InChI=1S/C33H32N4O5/c1-23(31(38)36-20-25-10-6-16-34-19-25)18-29(28-11-7-17-35-21-28)30(26-12-14-27(15-13-26)32(39)41-2)37-33(40)42-22-24-8-4-3-5-9-24/h3-19,21,23,30H,20,22H2,1-2H3,(H,36,38)(H,37,40)/b29-18+/t23-,30?/m1/s1.